The van der Waals surface area contributed by atoms with Crippen molar-refractivity contribution in [3.63, 3.8) is 0 Å². The van der Waals surface area contributed by atoms with Gasteiger partial charge in [-0.15, -0.1) is 0 Å². The number of fused-ring (bicyclic) bond motifs is 1. The van der Waals surface area contributed by atoms with Gasteiger partial charge in [0.2, 0.25) is 0 Å². The maximum absolute atomic E-state index is 11.0. The lowest BCUT2D eigenvalue weighted by Crippen LogP contribution is -2.33. The third-order valence-electron chi connectivity index (χ3n) is 6.05. The van der Waals surface area contributed by atoms with E-state index in [1.54, 1.807) is 24.3 Å². The summed E-state index contributed by atoms with van der Waals surface area (Å²) in [7, 11) is 0. The lowest BCUT2D eigenvalue weighted by Gasteiger charge is -2.37. The fraction of sp³-hybridized carbons (Fsp3) is 0.400. The minimum absolute atomic E-state index is 0.161. The van der Waals surface area contributed by atoms with Crippen LogP contribution in [-0.4, -0.2) is 17.6 Å². The van der Waals surface area contributed by atoms with Crippen molar-refractivity contribution in [2.24, 2.45) is 5.92 Å². The van der Waals surface area contributed by atoms with Crippen molar-refractivity contribution in [1.82, 2.24) is 5.32 Å². The Bertz CT molecular complexity index is 943. The SMILES string of the molecule is CC1(C)CCC(NCC2CC2)c2ccc(C#Cc3ccc(C(=O)O)cc3)cc21. The van der Waals surface area contributed by atoms with E-state index in [2.05, 4.69) is 49.2 Å². The molecule has 1 saturated carbocycles. The standard InChI is InChI=1S/C25H27NO2/c1-25(2)14-13-23(26-16-19-5-6-19)21-12-9-18(15-22(21)25)4-3-17-7-10-20(11-8-17)24(27)28/h7-12,15,19,23,26H,5-6,13-14,16H2,1-2H3,(H,27,28). The van der Waals surface area contributed by atoms with Crippen LogP contribution in [0.15, 0.2) is 42.5 Å². The molecule has 2 aliphatic carbocycles. The van der Waals surface area contributed by atoms with E-state index in [-0.39, 0.29) is 11.0 Å². The quantitative estimate of drug-likeness (QED) is 0.750. The van der Waals surface area contributed by atoms with Gasteiger partial charge in [-0.1, -0.05) is 31.8 Å². The number of carboxylic acids is 1. The third kappa shape index (κ3) is 4.13. The molecule has 4 rings (SSSR count). The Kier molecular flexibility index (Phi) is 5.00. The van der Waals surface area contributed by atoms with E-state index in [0.29, 0.717) is 6.04 Å². The second kappa shape index (κ2) is 7.45. The lowest BCUT2D eigenvalue weighted by atomic mass is 9.70. The minimum atomic E-state index is -0.915. The third-order valence-corrected chi connectivity index (χ3v) is 6.05. The van der Waals surface area contributed by atoms with Crippen molar-refractivity contribution in [2.45, 2.75) is 51.0 Å². The summed E-state index contributed by atoms with van der Waals surface area (Å²) in [5, 5.41) is 12.8. The van der Waals surface area contributed by atoms with Crippen LogP contribution in [0.1, 0.15) is 78.2 Å². The Morgan fingerprint density at radius 2 is 1.75 bits per heavy atom. The molecule has 1 fully saturated rings. The van der Waals surface area contributed by atoms with Gasteiger partial charge in [0.05, 0.1) is 5.56 Å². The van der Waals surface area contributed by atoms with Gasteiger partial charge in [-0.05, 0) is 91.1 Å². The van der Waals surface area contributed by atoms with Gasteiger partial charge in [0, 0.05) is 17.2 Å². The van der Waals surface area contributed by atoms with Gasteiger partial charge >= 0.3 is 5.97 Å². The molecule has 0 spiro atoms. The summed E-state index contributed by atoms with van der Waals surface area (Å²) in [5.41, 5.74) is 5.11. The molecule has 0 saturated heterocycles. The molecular formula is C25H27NO2. The van der Waals surface area contributed by atoms with Crippen molar-refractivity contribution in [3.8, 4) is 11.8 Å². The zero-order valence-corrected chi connectivity index (χ0v) is 16.6. The first-order valence-electron chi connectivity index (χ1n) is 10.2. The molecule has 0 radical (unpaired) electrons. The van der Waals surface area contributed by atoms with Gasteiger partial charge in [-0.3, -0.25) is 0 Å². The Morgan fingerprint density at radius 3 is 2.43 bits per heavy atom. The van der Waals surface area contributed by atoms with Crippen LogP contribution in [0.2, 0.25) is 0 Å². The molecule has 3 heteroatoms. The summed E-state index contributed by atoms with van der Waals surface area (Å²) in [6.07, 6.45) is 5.11. The number of nitrogens with one attached hydrogen (secondary N) is 1. The number of benzene rings is 2. The molecule has 0 amide bonds. The summed E-state index contributed by atoms with van der Waals surface area (Å²) in [6.45, 7) is 5.79. The highest BCUT2D eigenvalue weighted by atomic mass is 16.4. The summed E-state index contributed by atoms with van der Waals surface area (Å²) in [4.78, 5) is 11.0. The highest BCUT2D eigenvalue weighted by molar-refractivity contribution is 5.87. The molecule has 28 heavy (non-hydrogen) atoms. The number of hydrogen-bond donors (Lipinski definition) is 2. The summed E-state index contributed by atoms with van der Waals surface area (Å²) >= 11 is 0. The van der Waals surface area contributed by atoms with Crippen LogP contribution in [-0.2, 0) is 5.41 Å². The fourth-order valence-electron chi connectivity index (χ4n) is 4.00. The summed E-state index contributed by atoms with van der Waals surface area (Å²) in [6, 6.07) is 13.8. The van der Waals surface area contributed by atoms with E-state index in [1.165, 1.54) is 36.8 Å². The molecule has 0 heterocycles. The Morgan fingerprint density at radius 1 is 1.07 bits per heavy atom. The van der Waals surface area contributed by atoms with Crippen molar-refractivity contribution in [1.29, 1.82) is 0 Å². The second-order valence-corrected chi connectivity index (χ2v) is 8.76. The highest BCUT2D eigenvalue weighted by Gasteiger charge is 2.33. The zero-order valence-electron chi connectivity index (χ0n) is 16.6. The van der Waals surface area contributed by atoms with Crippen LogP contribution in [0.5, 0.6) is 0 Å². The van der Waals surface area contributed by atoms with E-state index in [4.69, 9.17) is 5.11 Å². The van der Waals surface area contributed by atoms with Crippen molar-refractivity contribution in [2.75, 3.05) is 6.54 Å². The average Bonchev–Trinajstić information content (AvgIpc) is 3.51. The largest absolute Gasteiger partial charge is 0.478 e. The average molecular weight is 373 g/mol. The predicted octanol–water partition coefficient (Wildman–Crippen LogP) is 4.90. The molecule has 144 valence electrons. The van der Waals surface area contributed by atoms with Gasteiger partial charge < -0.3 is 10.4 Å². The van der Waals surface area contributed by atoms with E-state index >= 15 is 0 Å². The molecule has 3 nitrogen and oxygen atoms in total. The molecule has 0 aliphatic heterocycles. The van der Waals surface area contributed by atoms with Gasteiger partial charge in [-0.2, -0.15) is 0 Å². The Balaban J connectivity index is 1.57. The van der Waals surface area contributed by atoms with Crippen LogP contribution in [0.25, 0.3) is 0 Å². The van der Waals surface area contributed by atoms with Crippen molar-refractivity contribution in [3.05, 3.63) is 70.3 Å². The van der Waals surface area contributed by atoms with E-state index in [0.717, 1.165) is 23.6 Å². The minimum Gasteiger partial charge on any atom is -0.478 e. The molecule has 1 atom stereocenters. The summed E-state index contributed by atoms with van der Waals surface area (Å²) < 4.78 is 0. The lowest BCUT2D eigenvalue weighted by molar-refractivity contribution is 0.0697. The fourth-order valence-corrected chi connectivity index (χ4v) is 4.00. The molecule has 0 bridgehead atoms. The number of carbonyl (C=O) groups is 1. The molecule has 2 aromatic rings. The highest BCUT2D eigenvalue weighted by Crippen LogP contribution is 2.42. The van der Waals surface area contributed by atoms with Gasteiger partial charge in [0.1, 0.15) is 0 Å². The number of aromatic carboxylic acids is 1. The van der Waals surface area contributed by atoms with E-state index in [9.17, 15) is 4.79 Å². The van der Waals surface area contributed by atoms with Crippen LogP contribution in [0, 0.1) is 17.8 Å². The molecule has 2 aromatic carbocycles. The zero-order chi connectivity index (χ0) is 19.7. The van der Waals surface area contributed by atoms with Crippen molar-refractivity contribution < 1.29 is 9.90 Å². The normalized spacial score (nSPS) is 20.0. The van der Waals surface area contributed by atoms with Crippen LogP contribution in [0.3, 0.4) is 0 Å². The predicted molar refractivity (Wildman–Crippen MR) is 112 cm³/mol. The van der Waals surface area contributed by atoms with Crippen molar-refractivity contribution >= 4 is 5.97 Å². The smallest absolute Gasteiger partial charge is 0.335 e. The first-order valence-corrected chi connectivity index (χ1v) is 10.2. The van der Waals surface area contributed by atoms with Crippen LogP contribution in [0.4, 0.5) is 0 Å². The van der Waals surface area contributed by atoms with Crippen LogP contribution >= 0.6 is 0 Å². The van der Waals surface area contributed by atoms with E-state index in [1.807, 2.05) is 0 Å². The number of rotatable bonds is 4. The van der Waals surface area contributed by atoms with Crippen LogP contribution < -0.4 is 5.32 Å². The second-order valence-electron chi connectivity index (χ2n) is 8.76. The van der Waals surface area contributed by atoms with Gasteiger partial charge in [0.25, 0.3) is 0 Å². The maximum Gasteiger partial charge on any atom is 0.335 e. The molecular weight excluding hydrogens is 346 g/mol. The molecule has 2 N–H and O–H groups in total. The monoisotopic (exact) mass is 373 g/mol. The Hall–Kier alpha value is -2.57. The van der Waals surface area contributed by atoms with E-state index < -0.39 is 5.97 Å². The van der Waals surface area contributed by atoms with Gasteiger partial charge in [0.15, 0.2) is 0 Å². The maximum atomic E-state index is 11.0. The first-order chi connectivity index (χ1) is 13.4. The first kappa shape index (κ1) is 18.8. The summed E-state index contributed by atoms with van der Waals surface area (Å²) in [5.74, 6) is 6.39. The molecule has 2 aliphatic rings. The number of hydrogen-bond acceptors (Lipinski definition) is 2. The number of carboxylic acid groups (broad SMARTS) is 1. The molecule has 0 aromatic heterocycles. The molecule has 1 unspecified atom stereocenters. The topological polar surface area (TPSA) is 49.3 Å². The van der Waals surface area contributed by atoms with Gasteiger partial charge in [-0.25, -0.2) is 4.79 Å². The Labute approximate surface area is 167 Å².